The molecule has 0 unspecified atom stereocenters. The molecule has 0 atom stereocenters. The summed E-state index contributed by atoms with van der Waals surface area (Å²) in [6, 6.07) is 7.00. The van der Waals surface area contributed by atoms with Crippen molar-refractivity contribution in [2.75, 3.05) is 12.4 Å². The lowest BCUT2D eigenvalue weighted by atomic mass is 10.2. The Morgan fingerprint density at radius 2 is 2.22 bits per heavy atom. The third kappa shape index (κ3) is 3.54. The van der Waals surface area contributed by atoms with Gasteiger partial charge < -0.3 is 4.74 Å². The molecular formula is C12H13BrN2O2S. The lowest BCUT2D eigenvalue weighted by Crippen LogP contribution is -2.11. The third-order valence-electron chi connectivity index (χ3n) is 2.17. The fourth-order valence-electron chi connectivity index (χ4n) is 1.34. The molecule has 96 valence electrons. The summed E-state index contributed by atoms with van der Waals surface area (Å²) in [5.74, 6) is 0.478. The van der Waals surface area contributed by atoms with Crippen LogP contribution >= 0.6 is 28.3 Å². The maximum atomic E-state index is 11.9. The molecule has 1 N–H and O–H groups in total. The SMILES string of the molecule is Br.COc1cccc(C(=O)Nc2nc(C)cs2)c1. The van der Waals surface area contributed by atoms with Crippen LogP contribution in [0.15, 0.2) is 29.6 Å². The Bertz CT molecular complexity index is 542. The Hall–Kier alpha value is -1.40. The van der Waals surface area contributed by atoms with Crippen LogP contribution in [0.2, 0.25) is 0 Å². The smallest absolute Gasteiger partial charge is 0.257 e. The highest BCUT2D eigenvalue weighted by Gasteiger charge is 2.08. The van der Waals surface area contributed by atoms with E-state index in [2.05, 4.69) is 10.3 Å². The van der Waals surface area contributed by atoms with E-state index >= 15 is 0 Å². The number of ether oxygens (including phenoxy) is 1. The molecule has 0 fully saturated rings. The number of benzene rings is 1. The molecule has 0 radical (unpaired) electrons. The number of nitrogens with zero attached hydrogens (tertiary/aromatic N) is 1. The lowest BCUT2D eigenvalue weighted by Gasteiger charge is -2.03. The zero-order chi connectivity index (χ0) is 12.3. The van der Waals surface area contributed by atoms with E-state index in [-0.39, 0.29) is 22.9 Å². The van der Waals surface area contributed by atoms with Gasteiger partial charge in [0.05, 0.1) is 12.8 Å². The fourth-order valence-corrected chi connectivity index (χ4v) is 2.03. The molecule has 0 aliphatic rings. The zero-order valence-corrected chi connectivity index (χ0v) is 12.5. The Balaban J connectivity index is 0.00000162. The van der Waals surface area contributed by atoms with Crippen molar-refractivity contribution in [2.45, 2.75) is 6.92 Å². The predicted octanol–water partition coefficient (Wildman–Crippen LogP) is 3.29. The van der Waals surface area contributed by atoms with Crippen LogP contribution in [0.5, 0.6) is 5.75 Å². The summed E-state index contributed by atoms with van der Waals surface area (Å²) >= 11 is 1.41. The van der Waals surface area contributed by atoms with Gasteiger partial charge >= 0.3 is 0 Å². The maximum absolute atomic E-state index is 11.9. The summed E-state index contributed by atoms with van der Waals surface area (Å²) < 4.78 is 5.07. The molecule has 0 saturated carbocycles. The number of hydrogen-bond acceptors (Lipinski definition) is 4. The van der Waals surface area contributed by atoms with Crippen molar-refractivity contribution < 1.29 is 9.53 Å². The van der Waals surface area contributed by atoms with E-state index in [4.69, 9.17) is 4.74 Å². The third-order valence-corrected chi connectivity index (χ3v) is 3.05. The van der Waals surface area contributed by atoms with Crippen LogP contribution in [0.1, 0.15) is 16.1 Å². The van der Waals surface area contributed by atoms with Gasteiger partial charge in [0, 0.05) is 10.9 Å². The van der Waals surface area contributed by atoms with Gasteiger partial charge in [0.2, 0.25) is 0 Å². The van der Waals surface area contributed by atoms with Crippen molar-refractivity contribution in [1.82, 2.24) is 4.98 Å². The molecule has 0 bridgehead atoms. The van der Waals surface area contributed by atoms with E-state index in [9.17, 15) is 4.79 Å². The molecule has 1 heterocycles. The minimum absolute atomic E-state index is 0. The van der Waals surface area contributed by atoms with E-state index in [1.165, 1.54) is 11.3 Å². The molecule has 0 aliphatic carbocycles. The molecule has 1 aromatic carbocycles. The molecule has 6 heteroatoms. The van der Waals surface area contributed by atoms with Gasteiger partial charge in [-0.15, -0.1) is 28.3 Å². The number of aryl methyl sites for hydroxylation is 1. The largest absolute Gasteiger partial charge is 0.497 e. The highest BCUT2D eigenvalue weighted by atomic mass is 79.9. The number of hydrogen-bond donors (Lipinski definition) is 1. The van der Waals surface area contributed by atoms with E-state index in [1.807, 2.05) is 12.3 Å². The minimum atomic E-state index is -0.182. The number of nitrogens with one attached hydrogen (secondary N) is 1. The monoisotopic (exact) mass is 328 g/mol. The Morgan fingerprint density at radius 1 is 1.44 bits per heavy atom. The maximum Gasteiger partial charge on any atom is 0.257 e. The number of carbonyl (C=O) groups excluding carboxylic acids is 1. The van der Waals surface area contributed by atoms with E-state index < -0.39 is 0 Å². The van der Waals surface area contributed by atoms with Crippen LogP contribution in [0.3, 0.4) is 0 Å². The average Bonchev–Trinajstić information content (AvgIpc) is 2.75. The summed E-state index contributed by atoms with van der Waals surface area (Å²) in [6.07, 6.45) is 0. The van der Waals surface area contributed by atoms with Gasteiger partial charge in [0.15, 0.2) is 5.13 Å². The van der Waals surface area contributed by atoms with Crippen molar-refractivity contribution in [1.29, 1.82) is 0 Å². The van der Waals surface area contributed by atoms with Gasteiger partial charge in [-0.25, -0.2) is 4.98 Å². The number of halogens is 1. The Morgan fingerprint density at radius 3 is 2.83 bits per heavy atom. The van der Waals surface area contributed by atoms with Crippen LogP contribution < -0.4 is 10.1 Å². The fraction of sp³-hybridized carbons (Fsp3) is 0.167. The van der Waals surface area contributed by atoms with Crippen LogP contribution in [0.4, 0.5) is 5.13 Å². The van der Waals surface area contributed by atoms with E-state index in [0.29, 0.717) is 16.4 Å². The summed E-state index contributed by atoms with van der Waals surface area (Å²) in [5, 5.41) is 5.24. The summed E-state index contributed by atoms with van der Waals surface area (Å²) in [5.41, 5.74) is 1.45. The summed E-state index contributed by atoms with van der Waals surface area (Å²) in [4.78, 5) is 16.1. The number of aromatic nitrogens is 1. The quantitative estimate of drug-likeness (QED) is 0.940. The predicted molar refractivity (Wildman–Crippen MR) is 78.1 cm³/mol. The Labute approximate surface area is 120 Å². The van der Waals surface area contributed by atoms with Gasteiger partial charge in [-0.05, 0) is 25.1 Å². The highest BCUT2D eigenvalue weighted by molar-refractivity contribution is 8.93. The first-order valence-corrected chi connectivity index (χ1v) is 5.94. The van der Waals surface area contributed by atoms with Gasteiger partial charge in [-0.2, -0.15) is 0 Å². The Kier molecular flexibility index (Phi) is 5.30. The minimum Gasteiger partial charge on any atom is -0.497 e. The molecular weight excluding hydrogens is 316 g/mol. The second-order valence-corrected chi connectivity index (χ2v) is 4.34. The van der Waals surface area contributed by atoms with Crippen LogP contribution in [0, 0.1) is 6.92 Å². The first-order valence-electron chi connectivity index (χ1n) is 5.06. The molecule has 1 amide bonds. The van der Waals surface area contributed by atoms with Gasteiger partial charge in [0.25, 0.3) is 5.91 Å². The standard InChI is InChI=1S/C12H12N2O2S.BrH/c1-8-7-17-12(13-8)14-11(15)9-4-3-5-10(6-9)16-2;/h3-7H,1-2H3,(H,13,14,15);1H. The molecule has 1 aromatic heterocycles. The van der Waals surface area contributed by atoms with Gasteiger partial charge in [0.1, 0.15) is 5.75 Å². The molecule has 0 saturated heterocycles. The van der Waals surface area contributed by atoms with Crippen LogP contribution in [-0.2, 0) is 0 Å². The first kappa shape index (κ1) is 14.7. The summed E-state index contributed by atoms with van der Waals surface area (Å²) in [6.45, 7) is 1.89. The number of carbonyl (C=O) groups is 1. The van der Waals surface area contributed by atoms with Crippen molar-refractivity contribution in [3.63, 3.8) is 0 Å². The van der Waals surface area contributed by atoms with Crippen LogP contribution in [-0.4, -0.2) is 18.0 Å². The number of thiazole rings is 1. The molecule has 4 nitrogen and oxygen atoms in total. The lowest BCUT2D eigenvalue weighted by molar-refractivity contribution is 0.102. The van der Waals surface area contributed by atoms with Crippen molar-refractivity contribution in [3.8, 4) is 5.75 Å². The zero-order valence-electron chi connectivity index (χ0n) is 9.97. The second-order valence-electron chi connectivity index (χ2n) is 3.48. The second kappa shape index (κ2) is 6.51. The highest BCUT2D eigenvalue weighted by Crippen LogP contribution is 2.17. The van der Waals surface area contributed by atoms with Crippen molar-refractivity contribution in [3.05, 3.63) is 40.9 Å². The molecule has 0 spiro atoms. The molecule has 0 aliphatic heterocycles. The summed E-state index contributed by atoms with van der Waals surface area (Å²) in [7, 11) is 1.57. The number of rotatable bonds is 3. The number of methoxy groups -OCH3 is 1. The number of amides is 1. The molecule has 18 heavy (non-hydrogen) atoms. The first-order chi connectivity index (χ1) is 8.19. The van der Waals surface area contributed by atoms with Crippen LogP contribution in [0.25, 0.3) is 0 Å². The topological polar surface area (TPSA) is 51.2 Å². The van der Waals surface area contributed by atoms with Gasteiger partial charge in [-0.1, -0.05) is 6.07 Å². The molecule has 2 rings (SSSR count). The van der Waals surface area contributed by atoms with E-state index in [0.717, 1.165) is 5.69 Å². The molecule has 2 aromatic rings. The van der Waals surface area contributed by atoms with Crippen molar-refractivity contribution >= 4 is 39.4 Å². The van der Waals surface area contributed by atoms with E-state index in [1.54, 1.807) is 31.4 Å². The normalized spacial score (nSPS) is 9.44. The van der Waals surface area contributed by atoms with Gasteiger partial charge in [-0.3, -0.25) is 10.1 Å². The number of anilines is 1. The average molecular weight is 329 g/mol. The van der Waals surface area contributed by atoms with Crippen molar-refractivity contribution in [2.24, 2.45) is 0 Å².